The Labute approximate surface area is 197 Å². The molecule has 0 N–H and O–H groups in total. The second-order valence-electron chi connectivity index (χ2n) is 9.56. The summed E-state index contributed by atoms with van der Waals surface area (Å²) >= 11 is 1.65. The van der Waals surface area contributed by atoms with Crippen LogP contribution < -0.4 is 4.74 Å². The molecule has 1 amide bonds. The molecule has 4 rings (SSSR count). The molecule has 1 aromatic carbocycles. The van der Waals surface area contributed by atoms with Crippen molar-refractivity contribution >= 4 is 17.2 Å². The number of carbonyl (C=O) groups is 1. The quantitative estimate of drug-likeness (QED) is 0.600. The first-order valence-corrected chi connectivity index (χ1v) is 12.9. The summed E-state index contributed by atoms with van der Waals surface area (Å²) in [4.78, 5) is 19.6. The van der Waals surface area contributed by atoms with Crippen LogP contribution in [0.4, 0.5) is 0 Å². The van der Waals surface area contributed by atoms with Crippen molar-refractivity contribution in [3.05, 3.63) is 52.2 Å². The molecule has 6 heteroatoms. The van der Waals surface area contributed by atoms with Gasteiger partial charge in [-0.2, -0.15) is 11.3 Å². The van der Waals surface area contributed by atoms with Crippen molar-refractivity contribution in [2.75, 3.05) is 46.9 Å². The van der Waals surface area contributed by atoms with Crippen LogP contribution in [0.2, 0.25) is 0 Å². The van der Waals surface area contributed by atoms with E-state index in [9.17, 15) is 4.79 Å². The van der Waals surface area contributed by atoms with Crippen LogP contribution >= 0.6 is 11.3 Å². The molecule has 2 fully saturated rings. The van der Waals surface area contributed by atoms with Gasteiger partial charge in [0.2, 0.25) is 5.91 Å². The van der Waals surface area contributed by atoms with Gasteiger partial charge < -0.3 is 14.5 Å². The number of hydrogen-bond donors (Lipinski definition) is 0. The smallest absolute Gasteiger partial charge is 0.227 e. The number of ether oxygens (including phenoxy) is 1. The van der Waals surface area contributed by atoms with Crippen molar-refractivity contribution < 1.29 is 9.53 Å². The molecular formula is C26H37N3O2S. The first-order valence-electron chi connectivity index (χ1n) is 12.0. The van der Waals surface area contributed by atoms with Crippen molar-refractivity contribution in [2.45, 2.75) is 44.7 Å². The molecule has 2 aliphatic rings. The average molecular weight is 456 g/mol. The Morgan fingerprint density at radius 1 is 1.16 bits per heavy atom. The topological polar surface area (TPSA) is 36.0 Å². The van der Waals surface area contributed by atoms with Gasteiger partial charge in [-0.1, -0.05) is 12.1 Å². The fraction of sp³-hybridized carbons (Fsp3) is 0.577. The minimum atomic E-state index is 0.243. The summed E-state index contributed by atoms with van der Waals surface area (Å²) < 4.78 is 6.20. The molecule has 1 atom stereocenters. The van der Waals surface area contributed by atoms with Crippen LogP contribution in [0, 0.1) is 5.92 Å². The van der Waals surface area contributed by atoms with Crippen LogP contribution in [0.15, 0.2) is 41.1 Å². The van der Waals surface area contributed by atoms with Crippen molar-refractivity contribution in [2.24, 2.45) is 5.92 Å². The van der Waals surface area contributed by atoms with Crippen LogP contribution in [-0.2, 0) is 17.8 Å². The van der Waals surface area contributed by atoms with E-state index in [4.69, 9.17) is 4.74 Å². The van der Waals surface area contributed by atoms with E-state index in [-0.39, 0.29) is 5.91 Å². The molecule has 0 saturated carbocycles. The standard InChI is InChI=1S/C26H37N3O2S/c1-27-12-8-24(9-13-27)28(2)17-21-5-3-7-25(15-21)31-19-23-6-4-11-29(18-23)26(30)16-22-10-14-32-20-22/h3,5,7,10,14-15,20,23-24H,4,6,8-9,11-13,16-19H2,1-2H3. The van der Waals surface area contributed by atoms with E-state index >= 15 is 0 Å². The molecule has 0 bridgehead atoms. The fourth-order valence-electron chi connectivity index (χ4n) is 4.91. The van der Waals surface area contributed by atoms with Crippen molar-refractivity contribution in [1.82, 2.24) is 14.7 Å². The minimum absolute atomic E-state index is 0.243. The number of carbonyl (C=O) groups excluding carboxylic acids is 1. The van der Waals surface area contributed by atoms with Crippen molar-refractivity contribution in [3.8, 4) is 5.75 Å². The van der Waals surface area contributed by atoms with Crippen molar-refractivity contribution in [1.29, 1.82) is 0 Å². The van der Waals surface area contributed by atoms with Crippen molar-refractivity contribution in [3.63, 3.8) is 0 Å². The van der Waals surface area contributed by atoms with E-state index in [1.807, 2.05) is 16.3 Å². The van der Waals surface area contributed by atoms with E-state index in [1.54, 1.807) is 11.3 Å². The van der Waals surface area contributed by atoms with Crippen LogP contribution in [0.25, 0.3) is 0 Å². The largest absolute Gasteiger partial charge is 0.493 e. The number of hydrogen-bond acceptors (Lipinski definition) is 5. The van der Waals surface area contributed by atoms with E-state index in [0.29, 0.717) is 25.0 Å². The predicted molar refractivity (Wildman–Crippen MR) is 131 cm³/mol. The summed E-state index contributed by atoms with van der Waals surface area (Å²) in [6.45, 7) is 5.69. The van der Waals surface area contributed by atoms with Gasteiger partial charge in [-0.25, -0.2) is 0 Å². The summed E-state index contributed by atoms with van der Waals surface area (Å²) in [6.07, 6.45) is 5.19. The van der Waals surface area contributed by atoms with E-state index in [2.05, 4.69) is 53.5 Å². The molecule has 0 aliphatic carbocycles. The highest BCUT2D eigenvalue weighted by Gasteiger charge is 2.24. The minimum Gasteiger partial charge on any atom is -0.493 e. The maximum atomic E-state index is 12.7. The third kappa shape index (κ3) is 6.56. The van der Waals surface area contributed by atoms with Crippen LogP contribution in [0.5, 0.6) is 5.75 Å². The number of likely N-dealkylation sites (tertiary alicyclic amines) is 2. The first-order chi connectivity index (χ1) is 15.6. The molecule has 5 nitrogen and oxygen atoms in total. The molecule has 1 aromatic heterocycles. The number of thiophene rings is 1. The Hall–Kier alpha value is -1.89. The Bertz CT molecular complexity index is 849. The van der Waals surface area contributed by atoms with Crippen LogP contribution in [0.1, 0.15) is 36.8 Å². The molecule has 32 heavy (non-hydrogen) atoms. The van der Waals surface area contributed by atoms with Gasteiger partial charge in [0.25, 0.3) is 0 Å². The normalized spacial score (nSPS) is 20.6. The molecule has 1 unspecified atom stereocenters. The summed E-state index contributed by atoms with van der Waals surface area (Å²) in [5.41, 5.74) is 2.43. The third-order valence-corrected chi connectivity index (χ3v) is 7.67. The summed E-state index contributed by atoms with van der Waals surface area (Å²) in [6, 6.07) is 11.3. The van der Waals surface area contributed by atoms with Gasteiger partial charge in [0, 0.05) is 31.6 Å². The Balaban J connectivity index is 1.25. The predicted octanol–water partition coefficient (Wildman–Crippen LogP) is 4.13. The summed E-state index contributed by atoms with van der Waals surface area (Å²) in [5.74, 6) is 1.59. The van der Waals surface area contributed by atoms with E-state index < -0.39 is 0 Å². The monoisotopic (exact) mass is 455 g/mol. The number of nitrogens with zero attached hydrogens (tertiary/aromatic N) is 3. The Morgan fingerprint density at radius 3 is 2.78 bits per heavy atom. The molecule has 0 spiro atoms. The molecule has 3 heterocycles. The average Bonchev–Trinajstić information content (AvgIpc) is 3.31. The lowest BCUT2D eigenvalue weighted by molar-refractivity contribution is -0.132. The SMILES string of the molecule is CN1CCC(N(C)Cc2cccc(OCC3CCCN(C(=O)Cc4ccsc4)C3)c2)CC1. The lowest BCUT2D eigenvalue weighted by Crippen LogP contribution is -2.42. The molecule has 174 valence electrons. The van der Waals surface area contributed by atoms with Gasteiger partial charge in [0.05, 0.1) is 13.0 Å². The van der Waals surface area contributed by atoms with Gasteiger partial charge in [-0.15, -0.1) is 0 Å². The zero-order valence-corrected chi connectivity index (χ0v) is 20.4. The van der Waals surface area contributed by atoms with Crippen LogP contribution in [0.3, 0.4) is 0 Å². The molecule has 2 saturated heterocycles. The fourth-order valence-corrected chi connectivity index (χ4v) is 5.58. The van der Waals surface area contributed by atoms with Gasteiger partial charge in [-0.05, 0) is 93.0 Å². The second kappa shape index (κ2) is 11.3. The highest BCUT2D eigenvalue weighted by molar-refractivity contribution is 7.08. The number of piperidine rings is 2. The highest BCUT2D eigenvalue weighted by Crippen LogP contribution is 2.22. The Morgan fingerprint density at radius 2 is 2.00 bits per heavy atom. The maximum Gasteiger partial charge on any atom is 0.227 e. The van der Waals surface area contributed by atoms with Gasteiger partial charge in [0.1, 0.15) is 5.75 Å². The maximum absolute atomic E-state index is 12.7. The van der Waals surface area contributed by atoms with Gasteiger partial charge >= 0.3 is 0 Å². The lowest BCUT2D eigenvalue weighted by atomic mass is 9.98. The van der Waals surface area contributed by atoms with Gasteiger partial charge in [0.15, 0.2) is 0 Å². The zero-order valence-electron chi connectivity index (χ0n) is 19.5. The Kier molecular flexibility index (Phi) is 8.22. The van der Waals surface area contributed by atoms with E-state index in [1.165, 1.54) is 31.5 Å². The van der Waals surface area contributed by atoms with Crippen LogP contribution in [-0.4, -0.2) is 73.5 Å². The summed E-state index contributed by atoms with van der Waals surface area (Å²) in [7, 11) is 4.45. The van der Waals surface area contributed by atoms with Gasteiger partial charge in [-0.3, -0.25) is 9.69 Å². The molecule has 2 aliphatic heterocycles. The lowest BCUT2D eigenvalue weighted by Gasteiger charge is -2.35. The number of rotatable bonds is 8. The molecule has 2 aromatic rings. The number of amides is 1. The molecular weight excluding hydrogens is 418 g/mol. The zero-order chi connectivity index (χ0) is 22.3. The van der Waals surface area contributed by atoms with E-state index in [0.717, 1.165) is 43.8 Å². The number of benzene rings is 1. The first kappa shape index (κ1) is 23.3. The second-order valence-corrected chi connectivity index (χ2v) is 10.3. The third-order valence-electron chi connectivity index (χ3n) is 6.93. The summed E-state index contributed by atoms with van der Waals surface area (Å²) in [5, 5.41) is 4.11. The highest BCUT2D eigenvalue weighted by atomic mass is 32.1. The molecule has 0 radical (unpaired) electrons.